The SMILES string of the molecule is C[NH2+]CCCCCCCCCCCCCCCCCc1ccccc1.[F-]. The normalized spacial score (nSPS) is 10.7. The summed E-state index contributed by atoms with van der Waals surface area (Å²) in [7, 11) is 2.17. The molecule has 0 heterocycles. The molecule has 0 aliphatic rings. The minimum Gasteiger partial charge on any atom is -1.00 e. The molecular formula is C24H44FN. The van der Waals surface area contributed by atoms with Gasteiger partial charge >= 0.3 is 0 Å². The zero-order chi connectivity index (χ0) is 17.8. The second kappa shape index (κ2) is 20.4. The molecule has 0 radical (unpaired) electrons. The first-order valence-corrected chi connectivity index (χ1v) is 11.2. The summed E-state index contributed by atoms with van der Waals surface area (Å²) < 4.78 is 0. The summed E-state index contributed by atoms with van der Waals surface area (Å²) in [6.45, 7) is 1.31. The summed E-state index contributed by atoms with van der Waals surface area (Å²) in [5, 5.41) is 2.30. The molecule has 1 rings (SSSR count). The maximum absolute atomic E-state index is 2.30. The van der Waals surface area contributed by atoms with Gasteiger partial charge in [-0.3, -0.25) is 0 Å². The van der Waals surface area contributed by atoms with Crippen LogP contribution >= 0.6 is 0 Å². The Morgan fingerprint density at radius 2 is 0.923 bits per heavy atom. The summed E-state index contributed by atoms with van der Waals surface area (Å²) in [6.07, 6.45) is 23.0. The second-order valence-corrected chi connectivity index (χ2v) is 7.74. The molecule has 2 N–H and O–H groups in total. The van der Waals surface area contributed by atoms with E-state index in [-0.39, 0.29) is 4.70 Å². The molecule has 1 aromatic rings. The lowest BCUT2D eigenvalue weighted by atomic mass is 10.0. The van der Waals surface area contributed by atoms with Crippen LogP contribution in [-0.4, -0.2) is 13.6 Å². The largest absolute Gasteiger partial charge is 1.00 e. The smallest absolute Gasteiger partial charge is 0.0753 e. The molecule has 0 saturated heterocycles. The lowest BCUT2D eigenvalue weighted by Crippen LogP contribution is -3.00. The summed E-state index contributed by atoms with van der Waals surface area (Å²) in [5.41, 5.74) is 1.50. The zero-order valence-electron chi connectivity index (χ0n) is 17.4. The predicted molar refractivity (Wildman–Crippen MR) is 112 cm³/mol. The van der Waals surface area contributed by atoms with E-state index in [4.69, 9.17) is 0 Å². The standard InChI is InChI=1S/C24H43N.FH/c1-25-23-19-14-12-10-8-6-4-2-3-5-7-9-11-13-16-20-24-21-17-15-18-22-24;/h15,17-18,21-22,25H,2-14,16,19-20,23H2,1H3;1H. The first-order valence-electron chi connectivity index (χ1n) is 11.2. The van der Waals surface area contributed by atoms with Gasteiger partial charge in [0, 0.05) is 0 Å². The topological polar surface area (TPSA) is 16.6 Å². The molecule has 0 amide bonds. The van der Waals surface area contributed by atoms with Crippen LogP contribution < -0.4 is 10.0 Å². The third-order valence-corrected chi connectivity index (χ3v) is 5.30. The van der Waals surface area contributed by atoms with Crippen LogP contribution in [0.15, 0.2) is 30.3 Å². The van der Waals surface area contributed by atoms with Crippen molar-refractivity contribution in [2.24, 2.45) is 0 Å². The highest BCUT2D eigenvalue weighted by Crippen LogP contribution is 2.14. The quantitative estimate of drug-likeness (QED) is 0.385. The maximum Gasteiger partial charge on any atom is 0.0753 e. The Labute approximate surface area is 162 Å². The van der Waals surface area contributed by atoms with Crippen LogP contribution in [0.1, 0.15) is 102 Å². The highest BCUT2D eigenvalue weighted by atomic mass is 19.0. The van der Waals surface area contributed by atoms with E-state index in [0.717, 1.165) is 0 Å². The third kappa shape index (κ3) is 16.6. The molecule has 1 nitrogen and oxygen atoms in total. The van der Waals surface area contributed by atoms with Gasteiger partial charge in [-0.1, -0.05) is 107 Å². The molecule has 26 heavy (non-hydrogen) atoms. The molecule has 152 valence electrons. The molecule has 0 spiro atoms. The van der Waals surface area contributed by atoms with Gasteiger partial charge in [-0.15, -0.1) is 0 Å². The molecule has 0 fully saturated rings. The molecule has 0 unspecified atom stereocenters. The van der Waals surface area contributed by atoms with Crippen LogP contribution in [0.25, 0.3) is 0 Å². The minimum atomic E-state index is 0. The van der Waals surface area contributed by atoms with E-state index < -0.39 is 0 Å². The fourth-order valence-corrected chi connectivity index (χ4v) is 3.62. The van der Waals surface area contributed by atoms with Gasteiger partial charge in [-0.25, -0.2) is 0 Å². The predicted octanol–water partition coefficient (Wildman–Crippen LogP) is 3.28. The van der Waals surface area contributed by atoms with Crippen molar-refractivity contribution >= 4 is 0 Å². The molecule has 0 atom stereocenters. The molecule has 0 bridgehead atoms. The molecule has 2 heteroatoms. The van der Waals surface area contributed by atoms with E-state index >= 15 is 0 Å². The van der Waals surface area contributed by atoms with Crippen LogP contribution in [0.2, 0.25) is 0 Å². The zero-order valence-corrected chi connectivity index (χ0v) is 17.4. The van der Waals surface area contributed by atoms with Crippen molar-refractivity contribution in [3.05, 3.63) is 35.9 Å². The molecular weight excluding hydrogens is 321 g/mol. The molecule has 0 aliphatic carbocycles. The number of hydrogen-bond acceptors (Lipinski definition) is 0. The average molecular weight is 366 g/mol. The number of benzene rings is 1. The average Bonchev–Trinajstić information content (AvgIpc) is 2.65. The van der Waals surface area contributed by atoms with Crippen LogP contribution in [0, 0.1) is 0 Å². The Morgan fingerprint density at radius 3 is 1.35 bits per heavy atom. The number of hydrogen-bond donors (Lipinski definition) is 1. The fraction of sp³-hybridized carbons (Fsp3) is 0.750. The number of halogens is 1. The van der Waals surface area contributed by atoms with E-state index in [1.165, 1.54) is 115 Å². The number of quaternary nitrogens is 1. The highest BCUT2D eigenvalue weighted by molar-refractivity contribution is 5.14. The van der Waals surface area contributed by atoms with Gasteiger partial charge in [0.05, 0.1) is 13.6 Å². The van der Waals surface area contributed by atoms with Crippen molar-refractivity contribution < 1.29 is 10.0 Å². The minimum absolute atomic E-state index is 0. The summed E-state index contributed by atoms with van der Waals surface area (Å²) in [5.74, 6) is 0. The van der Waals surface area contributed by atoms with Crippen molar-refractivity contribution in [1.29, 1.82) is 0 Å². The third-order valence-electron chi connectivity index (χ3n) is 5.30. The van der Waals surface area contributed by atoms with Crippen molar-refractivity contribution in [2.45, 2.75) is 103 Å². The van der Waals surface area contributed by atoms with Gasteiger partial charge in [0.25, 0.3) is 0 Å². The van der Waals surface area contributed by atoms with Gasteiger partial charge in [0.1, 0.15) is 0 Å². The number of unbranched alkanes of at least 4 members (excludes halogenated alkanes) is 14. The Bertz CT molecular complexity index is 366. The Hall–Kier alpha value is -0.890. The number of rotatable bonds is 18. The first-order chi connectivity index (χ1) is 12.4. The van der Waals surface area contributed by atoms with Crippen molar-refractivity contribution in [1.82, 2.24) is 0 Å². The monoisotopic (exact) mass is 365 g/mol. The lowest BCUT2D eigenvalue weighted by molar-refractivity contribution is -0.627. The van der Waals surface area contributed by atoms with Crippen molar-refractivity contribution in [2.75, 3.05) is 13.6 Å². The van der Waals surface area contributed by atoms with Gasteiger partial charge in [-0.05, 0) is 31.2 Å². The van der Waals surface area contributed by atoms with E-state index in [9.17, 15) is 0 Å². The maximum atomic E-state index is 2.30. The fourth-order valence-electron chi connectivity index (χ4n) is 3.62. The highest BCUT2D eigenvalue weighted by Gasteiger charge is 1.96. The van der Waals surface area contributed by atoms with Crippen molar-refractivity contribution in [3.8, 4) is 0 Å². The molecule has 0 aliphatic heterocycles. The van der Waals surface area contributed by atoms with Crippen LogP contribution in [0.4, 0.5) is 0 Å². The van der Waals surface area contributed by atoms with Gasteiger partial charge in [0.2, 0.25) is 0 Å². The van der Waals surface area contributed by atoms with Gasteiger partial charge in [-0.2, -0.15) is 0 Å². The Kier molecular flexibility index (Phi) is 19.7. The number of aryl methyl sites for hydroxylation is 1. The van der Waals surface area contributed by atoms with Crippen molar-refractivity contribution in [3.63, 3.8) is 0 Å². The van der Waals surface area contributed by atoms with Crippen LogP contribution in [0.5, 0.6) is 0 Å². The first kappa shape index (κ1) is 25.1. The molecule has 1 aromatic carbocycles. The van der Waals surface area contributed by atoms with Crippen LogP contribution in [-0.2, 0) is 6.42 Å². The van der Waals surface area contributed by atoms with Crippen LogP contribution in [0.3, 0.4) is 0 Å². The van der Waals surface area contributed by atoms with E-state index in [1.807, 2.05) is 0 Å². The number of nitrogens with two attached hydrogens (primary N) is 1. The molecule has 0 aromatic heterocycles. The summed E-state index contributed by atoms with van der Waals surface area (Å²) >= 11 is 0. The summed E-state index contributed by atoms with van der Waals surface area (Å²) in [6, 6.07) is 10.9. The summed E-state index contributed by atoms with van der Waals surface area (Å²) in [4.78, 5) is 0. The van der Waals surface area contributed by atoms with E-state index in [1.54, 1.807) is 0 Å². The van der Waals surface area contributed by atoms with E-state index in [2.05, 4.69) is 42.7 Å². The van der Waals surface area contributed by atoms with Gasteiger partial charge < -0.3 is 10.0 Å². The Balaban J connectivity index is 0.00000625. The van der Waals surface area contributed by atoms with Gasteiger partial charge in [0.15, 0.2) is 0 Å². The second-order valence-electron chi connectivity index (χ2n) is 7.74. The Morgan fingerprint density at radius 1 is 0.538 bits per heavy atom. The molecule has 0 saturated carbocycles. The van der Waals surface area contributed by atoms with E-state index in [0.29, 0.717) is 0 Å². The lowest BCUT2D eigenvalue weighted by Gasteiger charge is -2.04.